The molecule has 0 saturated heterocycles. The van der Waals surface area contributed by atoms with Gasteiger partial charge in [0, 0.05) is 18.4 Å². The van der Waals surface area contributed by atoms with Gasteiger partial charge in [0.2, 0.25) is 5.91 Å². The fourth-order valence-electron chi connectivity index (χ4n) is 2.96. The van der Waals surface area contributed by atoms with Crippen LogP contribution in [0.25, 0.3) is 0 Å². The number of para-hydroxylation sites is 2. The molecule has 3 rings (SSSR count). The zero-order valence-corrected chi connectivity index (χ0v) is 11.1. The van der Waals surface area contributed by atoms with Crippen LogP contribution in [0.1, 0.15) is 18.1 Å². The van der Waals surface area contributed by atoms with Crippen molar-refractivity contribution in [3.05, 3.63) is 59.7 Å². The van der Waals surface area contributed by atoms with E-state index in [0.717, 1.165) is 16.8 Å². The van der Waals surface area contributed by atoms with Gasteiger partial charge in [0.1, 0.15) is 5.41 Å². The van der Waals surface area contributed by atoms with Gasteiger partial charge in [-0.05, 0) is 30.2 Å². The van der Waals surface area contributed by atoms with E-state index < -0.39 is 5.41 Å². The summed E-state index contributed by atoms with van der Waals surface area (Å²) in [6.07, 6.45) is 0. The number of amides is 1. The molecule has 19 heavy (non-hydrogen) atoms. The summed E-state index contributed by atoms with van der Waals surface area (Å²) in [6, 6.07) is 15.5. The number of anilines is 2. The second-order valence-corrected chi connectivity index (χ2v) is 5.09. The first-order chi connectivity index (χ1) is 9.06. The van der Waals surface area contributed by atoms with Crippen molar-refractivity contribution >= 4 is 17.3 Å². The van der Waals surface area contributed by atoms with E-state index in [1.807, 2.05) is 62.5 Å². The molecule has 0 bridgehead atoms. The Morgan fingerprint density at radius 2 is 1.58 bits per heavy atom. The molecule has 0 fully saturated rings. The molecule has 0 saturated carbocycles. The van der Waals surface area contributed by atoms with Crippen LogP contribution in [0.2, 0.25) is 0 Å². The van der Waals surface area contributed by atoms with Crippen LogP contribution in [0.3, 0.4) is 0 Å². The zero-order chi connectivity index (χ0) is 13.6. The van der Waals surface area contributed by atoms with Gasteiger partial charge in [-0.2, -0.15) is 0 Å². The summed E-state index contributed by atoms with van der Waals surface area (Å²) in [6.45, 7) is 1.95. The highest BCUT2D eigenvalue weighted by Gasteiger charge is 2.47. The number of nitrogen functional groups attached to an aromatic ring is 1. The zero-order valence-electron chi connectivity index (χ0n) is 11.1. The first kappa shape index (κ1) is 11.8. The van der Waals surface area contributed by atoms with Gasteiger partial charge in [-0.1, -0.05) is 36.4 Å². The fourth-order valence-corrected chi connectivity index (χ4v) is 2.96. The van der Waals surface area contributed by atoms with Gasteiger partial charge in [-0.15, -0.1) is 0 Å². The molecule has 3 nitrogen and oxygen atoms in total. The molecular weight excluding hydrogens is 236 g/mol. The van der Waals surface area contributed by atoms with E-state index in [9.17, 15) is 4.79 Å². The van der Waals surface area contributed by atoms with E-state index in [0.29, 0.717) is 5.69 Å². The number of carbonyl (C=O) groups is 1. The minimum atomic E-state index is -0.698. The maximum atomic E-state index is 12.7. The molecule has 0 spiro atoms. The quantitative estimate of drug-likeness (QED) is 0.793. The van der Waals surface area contributed by atoms with E-state index in [1.54, 1.807) is 4.90 Å². The molecule has 3 heteroatoms. The number of benzene rings is 2. The monoisotopic (exact) mass is 252 g/mol. The standard InChI is InChI=1S/C16H16N2O/c1-16(11-7-3-5-9-13(11)17)12-8-4-6-10-14(12)18(2)15(16)19/h3-10H,17H2,1-2H3/t16-/m0/s1. The Kier molecular flexibility index (Phi) is 2.39. The molecule has 1 aliphatic heterocycles. The Bertz CT molecular complexity index is 665. The van der Waals surface area contributed by atoms with Gasteiger partial charge >= 0.3 is 0 Å². The van der Waals surface area contributed by atoms with Gasteiger partial charge in [-0.3, -0.25) is 4.79 Å². The van der Waals surface area contributed by atoms with Crippen molar-refractivity contribution in [1.29, 1.82) is 0 Å². The van der Waals surface area contributed by atoms with Gasteiger partial charge in [0.15, 0.2) is 0 Å². The number of rotatable bonds is 1. The summed E-state index contributed by atoms with van der Waals surface area (Å²) in [5.74, 6) is 0.0617. The van der Waals surface area contributed by atoms with E-state index in [1.165, 1.54) is 0 Å². The first-order valence-corrected chi connectivity index (χ1v) is 6.29. The van der Waals surface area contributed by atoms with Crippen LogP contribution in [-0.2, 0) is 10.2 Å². The van der Waals surface area contributed by atoms with E-state index in [2.05, 4.69) is 0 Å². The van der Waals surface area contributed by atoms with E-state index >= 15 is 0 Å². The summed E-state index contributed by atoms with van der Waals surface area (Å²) >= 11 is 0. The molecule has 0 unspecified atom stereocenters. The van der Waals surface area contributed by atoms with E-state index in [4.69, 9.17) is 5.73 Å². The highest BCUT2D eigenvalue weighted by Crippen LogP contribution is 2.46. The molecule has 0 aliphatic carbocycles. The third-order valence-electron chi connectivity index (χ3n) is 4.04. The number of nitrogens with zero attached hydrogens (tertiary/aromatic N) is 1. The maximum absolute atomic E-state index is 12.7. The molecule has 2 N–H and O–H groups in total. The molecule has 0 radical (unpaired) electrons. The number of likely N-dealkylation sites (N-methyl/N-ethyl adjacent to an activating group) is 1. The SMILES string of the molecule is CN1C(=O)[C@@](C)(c2ccccc2N)c2ccccc21. The third kappa shape index (κ3) is 1.41. The van der Waals surface area contributed by atoms with Crippen LogP contribution in [0.4, 0.5) is 11.4 Å². The largest absolute Gasteiger partial charge is 0.398 e. The summed E-state index contributed by atoms with van der Waals surface area (Å²) in [5.41, 5.74) is 8.88. The third-order valence-corrected chi connectivity index (χ3v) is 4.04. The Morgan fingerprint density at radius 1 is 1.00 bits per heavy atom. The number of nitrogens with two attached hydrogens (primary N) is 1. The minimum Gasteiger partial charge on any atom is -0.398 e. The van der Waals surface area contributed by atoms with E-state index in [-0.39, 0.29) is 5.91 Å². The van der Waals surface area contributed by atoms with Crippen molar-refractivity contribution < 1.29 is 4.79 Å². The Balaban J connectivity index is 2.31. The maximum Gasteiger partial charge on any atom is 0.241 e. The van der Waals surface area contributed by atoms with Crippen LogP contribution < -0.4 is 10.6 Å². The molecule has 1 amide bonds. The summed E-state index contributed by atoms with van der Waals surface area (Å²) < 4.78 is 0. The molecule has 1 aliphatic rings. The smallest absolute Gasteiger partial charge is 0.241 e. The van der Waals surface area contributed by atoms with Crippen molar-refractivity contribution in [3.8, 4) is 0 Å². The fraction of sp³-hybridized carbons (Fsp3) is 0.188. The molecule has 2 aromatic carbocycles. The molecule has 0 aromatic heterocycles. The predicted octanol–water partition coefficient (Wildman–Crippen LogP) is 2.55. The van der Waals surface area contributed by atoms with Gasteiger partial charge in [0.25, 0.3) is 0 Å². The molecule has 2 aromatic rings. The Hall–Kier alpha value is -2.29. The Labute approximate surface area is 112 Å². The average Bonchev–Trinajstić information content (AvgIpc) is 2.63. The van der Waals surface area contributed by atoms with Crippen molar-refractivity contribution in [3.63, 3.8) is 0 Å². The normalized spacial score (nSPS) is 21.6. The number of fused-ring (bicyclic) bond motifs is 1. The number of hydrogen-bond donors (Lipinski definition) is 1. The van der Waals surface area contributed by atoms with Crippen LogP contribution in [0.15, 0.2) is 48.5 Å². The lowest BCUT2D eigenvalue weighted by Crippen LogP contribution is -2.37. The average molecular weight is 252 g/mol. The van der Waals surface area contributed by atoms with Gasteiger partial charge < -0.3 is 10.6 Å². The first-order valence-electron chi connectivity index (χ1n) is 6.29. The van der Waals surface area contributed by atoms with Crippen LogP contribution in [0.5, 0.6) is 0 Å². The highest BCUT2D eigenvalue weighted by atomic mass is 16.2. The van der Waals surface area contributed by atoms with Crippen molar-refractivity contribution in [2.45, 2.75) is 12.3 Å². The number of hydrogen-bond acceptors (Lipinski definition) is 2. The van der Waals surface area contributed by atoms with Gasteiger partial charge in [-0.25, -0.2) is 0 Å². The second-order valence-electron chi connectivity index (χ2n) is 5.09. The van der Waals surface area contributed by atoms with Gasteiger partial charge in [0.05, 0.1) is 0 Å². The summed E-state index contributed by atoms with van der Waals surface area (Å²) in [7, 11) is 1.81. The highest BCUT2D eigenvalue weighted by molar-refractivity contribution is 6.10. The number of carbonyl (C=O) groups excluding carboxylic acids is 1. The van der Waals surface area contributed by atoms with Crippen molar-refractivity contribution in [1.82, 2.24) is 0 Å². The second kappa shape index (κ2) is 3.85. The Morgan fingerprint density at radius 3 is 2.26 bits per heavy atom. The topological polar surface area (TPSA) is 46.3 Å². The van der Waals surface area contributed by atoms with Crippen molar-refractivity contribution in [2.75, 3.05) is 17.7 Å². The molecule has 1 heterocycles. The lowest BCUT2D eigenvalue weighted by molar-refractivity contribution is -0.121. The molecule has 1 atom stereocenters. The summed E-state index contributed by atoms with van der Waals surface area (Å²) in [4.78, 5) is 14.4. The molecule has 96 valence electrons. The van der Waals surface area contributed by atoms with Crippen molar-refractivity contribution in [2.24, 2.45) is 0 Å². The van der Waals surface area contributed by atoms with Crippen LogP contribution >= 0.6 is 0 Å². The van der Waals surface area contributed by atoms with Crippen LogP contribution in [-0.4, -0.2) is 13.0 Å². The predicted molar refractivity (Wildman–Crippen MR) is 77.2 cm³/mol. The summed E-state index contributed by atoms with van der Waals surface area (Å²) in [5, 5.41) is 0. The van der Waals surface area contributed by atoms with Crippen LogP contribution in [0, 0.1) is 0 Å². The molecular formula is C16H16N2O. The lowest BCUT2D eigenvalue weighted by Gasteiger charge is -2.25. The lowest BCUT2D eigenvalue weighted by atomic mass is 9.76. The minimum absolute atomic E-state index is 0.0617.